The number of aliphatic hydroxyl groups excluding tert-OH is 1. The van der Waals surface area contributed by atoms with Crippen LogP contribution >= 0.6 is 0 Å². The fourth-order valence-electron chi connectivity index (χ4n) is 2.03. The van der Waals surface area contributed by atoms with Gasteiger partial charge in [-0.15, -0.1) is 0 Å². The molecule has 0 spiro atoms. The highest BCUT2D eigenvalue weighted by atomic mass is 19.1. The van der Waals surface area contributed by atoms with Crippen molar-refractivity contribution in [2.45, 2.75) is 19.1 Å². The van der Waals surface area contributed by atoms with Gasteiger partial charge in [-0.25, -0.2) is 4.98 Å². The van der Waals surface area contributed by atoms with E-state index in [4.69, 9.17) is 9.84 Å². The molecule has 5 nitrogen and oxygen atoms in total. The number of aromatic nitrogens is 1. The number of amides is 1. The van der Waals surface area contributed by atoms with E-state index in [-0.39, 0.29) is 24.8 Å². The number of rotatable bonds is 2. The lowest BCUT2D eigenvalue weighted by atomic mass is 10.1. The summed E-state index contributed by atoms with van der Waals surface area (Å²) in [6.07, 6.45) is 0.696. The van der Waals surface area contributed by atoms with Crippen molar-refractivity contribution in [2.75, 3.05) is 19.7 Å². The number of hydrogen-bond acceptors (Lipinski definition) is 4. The van der Waals surface area contributed by atoms with Gasteiger partial charge in [-0.2, -0.15) is 4.39 Å². The van der Waals surface area contributed by atoms with Gasteiger partial charge in [-0.3, -0.25) is 4.79 Å². The molecule has 0 saturated carbocycles. The smallest absolute Gasteiger partial charge is 0.258 e. The Bertz CT molecular complexity index is 441. The first-order valence-corrected chi connectivity index (χ1v) is 5.78. The van der Waals surface area contributed by atoms with Crippen molar-refractivity contribution in [1.82, 2.24) is 9.88 Å². The first-order chi connectivity index (χ1) is 8.61. The van der Waals surface area contributed by atoms with Gasteiger partial charge in [0.05, 0.1) is 24.4 Å². The van der Waals surface area contributed by atoms with E-state index in [1.165, 1.54) is 23.2 Å². The Morgan fingerprint density at radius 2 is 2.44 bits per heavy atom. The maximum atomic E-state index is 13.4. The lowest BCUT2D eigenvalue weighted by molar-refractivity contribution is -0.0859. The van der Waals surface area contributed by atoms with Crippen molar-refractivity contribution >= 4 is 5.91 Å². The van der Waals surface area contributed by atoms with Crippen molar-refractivity contribution in [3.05, 3.63) is 29.8 Å². The summed E-state index contributed by atoms with van der Waals surface area (Å²) in [5, 5.41) is 9.08. The average molecular weight is 254 g/mol. The lowest BCUT2D eigenvalue weighted by Crippen LogP contribution is -2.50. The van der Waals surface area contributed by atoms with Crippen LogP contribution in [0.2, 0.25) is 0 Å². The van der Waals surface area contributed by atoms with Crippen LogP contribution in [-0.4, -0.2) is 52.8 Å². The highest BCUT2D eigenvalue weighted by Crippen LogP contribution is 2.15. The predicted octanol–water partition coefficient (Wildman–Crippen LogP) is 0.443. The van der Waals surface area contributed by atoms with Gasteiger partial charge in [0.15, 0.2) is 0 Å². The lowest BCUT2D eigenvalue weighted by Gasteiger charge is -2.36. The van der Waals surface area contributed by atoms with E-state index in [2.05, 4.69) is 4.98 Å². The minimum Gasteiger partial charge on any atom is -0.394 e. The molecule has 1 saturated heterocycles. The Labute approximate surface area is 104 Å². The summed E-state index contributed by atoms with van der Waals surface area (Å²) in [5.74, 6) is -1.20. The second-order valence-corrected chi connectivity index (χ2v) is 4.30. The molecule has 1 aromatic rings. The molecule has 0 radical (unpaired) electrons. The molecule has 1 aliphatic rings. The summed E-state index contributed by atoms with van der Waals surface area (Å²) in [6.45, 7) is 2.28. The normalized spacial score (nSPS) is 24.1. The van der Waals surface area contributed by atoms with E-state index in [1.807, 2.05) is 6.92 Å². The SMILES string of the molecule is CC1CN(C(=O)c2cccnc2F)CC(CO)O1. The molecular formula is C12H15FN2O3. The number of carbonyl (C=O) groups is 1. The number of morpholine rings is 1. The molecular weight excluding hydrogens is 239 g/mol. The molecule has 2 atom stereocenters. The predicted molar refractivity (Wildman–Crippen MR) is 61.5 cm³/mol. The van der Waals surface area contributed by atoms with Gasteiger partial charge >= 0.3 is 0 Å². The van der Waals surface area contributed by atoms with Gasteiger partial charge in [0.2, 0.25) is 5.95 Å². The van der Waals surface area contributed by atoms with Crippen LogP contribution in [0, 0.1) is 5.95 Å². The summed E-state index contributed by atoms with van der Waals surface area (Å²) in [4.78, 5) is 17.1. The Balaban J connectivity index is 2.16. The molecule has 1 amide bonds. The molecule has 0 bridgehead atoms. The summed E-state index contributed by atoms with van der Waals surface area (Å²) in [5.41, 5.74) is -0.0525. The molecule has 1 N–H and O–H groups in total. The van der Waals surface area contributed by atoms with Gasteiger partial charge in [0.25, 0.3) is 5.91 Å². The van der Waals surface area contributed by atoms with Crippen molar-refractivity contribution in [2.24, 2.45) is 0 Å². The Morgan fingerprint density at radius 3 is 3.11 bits per heavy atom. The number of carbonyl (C=O) groups excluding carboxylic acids is 1. The third kappa shape index (κ3) is 2.65. The zero-order valence-electron chi connectivity index (χ0n) is 10.0. The average Bonchev–Trinajstić information content (AvgIpc) is 2.37. The molecule has 6 heteroatoms. The number of halogens is 1. The van der Waals surface area contributed by atoms with Gasteiger partial charge in [-0.1, -0.05) is 0 Å². The monoisotopic (exact) mass is 254 g/mol. The fraction of sp³-hybridized carbons (Fsp3) is 0.500. The van der Waals surface area contributed by atoms with Crippen LogP contribution in [0.1, 0.15) is 17.3 Å². The molecule has 1 aliphatic heterocycles. The second-order valence-electron chi connectivity index (χ2n) is 4.30. The van der Waals surface area contributed by atoms with Crippen LogP contribution in [-0.2, 0) is 4.74 Å². The minimum atomic E-state index is -0.776. The van der Waals surface area contributed by atoms with Gasteiger partial charge in [0.1, 0.15) is 0 Å². The highest BCUT2D eigenvalue weighted by molar-refractivity contribution is 5.94. The van der Waals surface area contributed by atoms with Gasteiger partial charge in [-0.05, 0) is 19.1 Å². The minimum absolute atomic E-state index is 0.0525. The standard InChI is InChI=1S/C12H15FN2O3/c1-8-5-15(6-9(7-16)18-8)12(17)10-3-2-4-14-11(10)13/h2-4,8-9,16H,5-7H2,1H3. The first kappa shape index (κ1) is 12.9. The van der Waals surface area contributed by atoms with Crippen molar-refractivity contribution in [1.29, 1.82) is 0 Å². The fourth-order valence-corrected chi connectivity index (χ4v) is 2.03. The van der Waals surface area contributed by atoms with E-state index < -0.39 is 18.0 Å². The van der Waals surface area contributed by atoms with Crippen molar-refractivity contribution in [3.63, 3.8) is 0 Å². The molecule has 0 aromatic carbocycles. The van der Waals surface area contributed by atoms with E-state index in [0.29, 0.717) is 6.54 Å². The van der Waals surface area contributed by atoms with Crippen LogP contribution in [0.25, 0.3) is 0 Å². The molecule has 1 aromatic heterocycles. The van der Waals surface area contributed by atoms with Crippen LogP contribution < -0.4 is 0 Å². The maximum Gasteiger partial charge on any atom is 0.258 e. The number of aliphatic hydroxyl groups is 1. The maximum absolute atomic E-state index is 13.4. The number of hydrogen-bond donors (Lipinski definition) is 1. The quantitative estimate of drug-likeness (QED) is 0.778. The molecule has 98 valence electrons. The molecule has 1 fully saturated rings. The molecule has 2 unspecified atom stereocenters. The van der Waals surface area contributed by atoms with E-state index in [0.717, 1.165) is 0 Å². The summed E-state index contributed by atoms with van der Waals surface area (Å²) in [7, 11) is 0. The van der Waals surface area contributed by atoms with E-state index in [1.54, 1.807) is 0 Å². The third-order valence-corrected chi connectivity index (χ3v) is 2.81. The van der Waals surface area contributed by atoms with Crippen molar-refractivity contribution in [3.8, 4) is 0 Å². The van der Waals surface area contributed by atoms with Crippen molar-refractivity contribution < 1.29 is 19.0 Å². The number of pyridine rings is 1. The highest BCUT2D eigenvalue weighted by Gasteiger charge is 2.29. The van der Waals surface area contributed by atoms with Crippen LogP contribution in [0.4, 0.5) is 4.39 Å². The van der Waals surface area contributed by atoms with Crippen LogP contribution in [0.3, 0.4) is 0 Å². The van der Waals surface area contributed by atoms with E-state index in [9.17, 15) is 9.18 Å². The zero-order valence-corrected chi connectivity index (χ0v) is 10.0. The largest absolute Gasteiger partial charge is 0.394 e. The third-order valence-electron chi connectivity index (χ3n) is 2.81. The van der Waals surface area contributed by atoms with Gasteiger partial charge in [0, 0.05) is 19.3 Å². The molecule has 18 heavy (non-hydrogen) atoms. The summed E-state index contributed by atoms with van der Waals surface area (Å²) < 4.78 is 18.9. The summed E-state index contributed by atoms with van der Waals surface area (Å²) in [6, 6.07) is 2.92. The first-order valence-electron chi connectivity index (χ1n) is 5.78. The molecule has 2 rings (SSSR count). The van der Waals surface area contributed by atoms with Gasteiger partial charge < -0.3 is 14.7 Å². The molecule has 2 heterocycles. The zero-order chi connectivity index (χ0) is 13.1. The van der Waals surface area contributed by atoms with Crippen LogP contribution in [0.5, 0.6) is 0 Å². The Morgan fingerprint density at radius 1 is 1.67 bits per heavy atom. The number of ether oxygens (including phenoxy) is 1. The van der Waals surface area contributed by atoms with Crippen LogP contribution in [0.15, 0.2) is 18.3 Å². The number of nitrogens with zero attached hydrogens (tertiary/aromatic N) is 2. The summed E-state index contributed by atoms with van der Waals surface area (Å²) >= 11 is 0. The Hall–Kier alpha value is -1.53. The molecule has 0 aliphatic carbocycles. The topological polar surface area (TPSA) is 62.7 Å². The van der Waals surface area contributed by atoms with E-state index >= 15 is 0 Å². The second kappa shape index (κ2) is 5.41. The Kier molecular flexibility index (Phi) is 3.88.